The van der Waals surface area contributed by atoms with Crippen LogP contribution in [-0.4, -0.2) is 62.7 Å². The Kier molecular flexibility index (Phi) is 4.76. The van der Waals surface area contributed by atoms with E-state index in [1.165, 1.54) is 32.5 Å². The molecule has 2 aliphatic rings. The van der Waals surface area contributed by atoms with Gasteiger partial charge in [-0.3, -0.25) is 4.90 Å². The van der Waals surface area contributed by atoms with Crippen LogP contribution in [0.2, 0.25) is 0 Å². The molecule has 2 aliphatic heterocycles. The highest BCUT2D eigenvalue weighted by Gasteiger charge is 2.23. The molecule has 1 atom stereocenters. The lowest BCUT2D eigenvalue weighted by atomic mass is 9.97. The minimum atomic E-state index is -0.0974. The van der Waals surface area contributed by atoms with Crippen LogP contribution in [0.25, 0.3) is 0 Å². The molecule has 0 saturated carbocycles. The van der Waals surface area contributed by atoms with Crippen LogP contribution in [0.4, 0.5) is 10.1 Å². The zero-order valence-corrected chi connectivity index (χ0v) is 13.0. The predicted molar refractivity (Wildman–Crippen MR) is 85.3 cm³/mol. The zero-order chi connectivity index (χ0) is 14.7. The normalized spacial score (nSPS) is 25.2. The van der Waals surface area contributed by atoms with E-state index < -0.39 is 0 Å². The molecular formula is C17H26FN3. The molecule has 0 aliphatic carbocycles. The van der Waals surface area contributed by atoms with Crippen molar-refractivity contribution in [3.05, 3.63) is 30.1 Å². The van der Waals surface area contributed by atoms with E-state index in [2.05, 4.69) is 21.7 Å². The summed E-state index contributed by atoms with van der Waals surface area (Å²) in [4.78, 5) is 7.18. The number of likely N-dealkylation sites (tertiary alicyclic amines) is 1. The number of hydrogen-bond acceptors (Lipinski definition) is 3. The molecule has 0 aromatic heterocycles. The quantitative estimate of drug-likeness (QED) is 0.846. The topological polar surface area (TPSA) is 9.72 Å². The SMILES string of the molecule is CN1CCCC(CN2CCN(c3ccccc3F)CC2)C1. The van der Waals surface area contributed by atoms with Gasteiger partial charge in [0.25, 0.3) is 0 Å². The molecule has 0 spiro atoms. The van der Waals surface area contributed by atoms with Crippen LogP contribution in [0.5, 0.6) is 0 Å². The first-order chi connectivity index (χ1) is 10.2. The summed E-state index contributed by atoms with van der Waals surface area (Å²) < 4.78 is 13.8. The molecular weight excluding hydrogens is 265 g/mol. The molecule has 2 heterocycles. The molecule has 4 heteroatoms. The van der Waals surface area contributed by atoms with E-state index in [4.69, 9.17) is 0 Å². The summed E-state index contributed by atoms with van der Waals surface area (Å²) in [6.45, 7) is 7.65. The van der Waals surface area contributed by atoms with Gasteiger partial charge in [0, 0.05) is 39.3 Å². The molecule has 1 unspecified atom stereocenters. The summed E-state index contributed by atoms with van der Waals surface area (Å²) in [7, 11) is 2.22. The number of halogens is 1. The van der Waals surface area contributed by atoms with Crippen molar-refractivity contribution in [1.29, 1.82) is 0 Å². The lowest BCUT2D eigenvalue weighted by Gasteiger charge is -2.39. The van der Waals surface area contributed by atoms with Crippen molar-refractivity contribution in [2.24, 2.45) is 5.92 Å². The van der Waals surface area contributed by atoms with Gasteiger partial charge in [0.05, 0.1) is 5.69 Å². The van der Waals surface area contributed by atoms with Gasteiger partial charge in [0.2, 0.25) is 0 Å². The number of piperidine rings is 1. The van der Waals surface area contributed by atoms with Gasteiger partial charge >= 0.3 is 0 Å². The predicted octanol–water partition coefficient (Wildman–Crippen LogP) is 2.29. The molecule has 1 aromatic rings. The average molecular weight is 291 g/mol. The van der Waals surface area contributed by atoms with Crippen LogP contribution in [-0.2, 0) is 0 Å². The molecule has 21 heavy (non-hydrogen) atoms. The molecule has 2 saturated heterocycles. The summed E-state index contributed by atoms with van der Waals surface area (Å²) in [6.07, 6.45) is 2.69. The summed E-state index contributed by atoms with van der Waals surface area (Å²) in [5.41, 5.74) is 0.759. The van der Waals surface area contributed by atoms with Crippen LogP contribution in [0.15, 0.2) is 24.3 Å². The van der Waals surface area contributed by atoms with E-state index in [9.17, 15) is 4.39 Å². The van der Waals surface area contributed by atoms with Crippen molar-refractivity contribution in [2.75, 3.05) is 57.8 Å². The van der Waals surface area contributed by atoms with Gasteiger partial charge in [-0.25, -0.2) is 4.39 Å². The van der Waals surface area contributed by atoms with Gasteiger partial charge in [0.1, 0.15) is 5.82 Å². The zero-order valence-electron chi connectivity index (χ0n) is 13.0. The largest absolute Gasteiger partial charge is 0.367 e. The highest BCUT2D eigenvalue weighted by Crippen LogP contribution is 2.21. The summed E-state index contributed by atoms with van der Waals surface area (Å²) in [5.74, 6) is 0.712. The first-order valence-electron chi connectivity index (χ1n) is 8.13. The average Bonchev–Trinajstić information content (AvgIpc) is 2.49. The highest BCUT2D eigenvalue weighted by molar-refractivity contribution is 5.47. The number of piperazine rings is 1. The Balaban J connectivity index is 1.50. The fourth-order valence-electron chi connectivity index (χ4n) is 3.67. The van der Waals surface area contributed by atoms with Crippen LogP contribution in [0.1, 0.15) is 12.8 Å². The van der Waals surface area contributed by atoms with E-state index in [1.807, 2.05) is 12.1 Å². The van der Waals surface area contributed by atoms with Crippen LogP contribution in [0.3, 0.4) is 0 Å². The standard InChI is InChI=1S/C17H26FN3/c1-19-8-4-5-15(13-19)14-20-9-11-21(12-10-20)17-7-3-2-6-16(17)18/h2-3,6-7,15H,4-5,8-14H2,1H3. The fraction of sp³-hybridized carbons (Fsp3) is 0.647. The highest BCUT2D eigenvalue weighted by atomic mass is 19.1. The molecule has 0 bridgehead atoms. The maximum absolute atomic E-state index is 13.8. The van der Waals surface area contributed by atoms with Crippen molar-refractivity contribution < 1.29 is 4.39 Å². The van der Waals surface area contributed by atoms with Gasteiger partial charge in [0.15, 0.2) is 0 Å². The van der Waals surface area contributed by atoms with Crippen LogP contribution < -0.4 is 4.90 Å². The number of para-hydroxylation sites is 1. The number of nitrogens with zero attached hydrogens (tertiary/aromatic N) is 3. The maximum Gasteiger partial charge on any atom is 0.146 e. The minimum absolute atomic E-state index is 0.0974. The van der Waals surface area contributed by atoms with Gasteiger partial charge < -0.3 is 9.80 Å². The number of anilines is 1. The molecule has 0 radical (unpaired) electrons. The maximum atomic E-state index is 13.8. The fourth-order valence-corrected chi connectivity index (χ4v) is 3.67. The molecule has 0 amide bonds. The Morgan fingerprint density at radius 1 is 1.10 bits per heavy atom. The number of rotatable bonds is 3. The lowest BCUT2D eigenvalue weighted by molar-refractivity contribution is 0.147. The monoisotopic (exact) mass is 291 g/mol. The summed E-state index contributed by atoms with van der Waals surface area (Å²) in [6, 6.07) is 7.12. The Labute approximate surface area is 127 Å². The van der Waals surface area contributed by atoms with Crippen LogP contribution in [0, 0.1) is 11.7 Å². The van der Waals surface area contributed by atoms with Gasteiger partial charge in [-0.05, 0) is 44.5 Å². The summed E-state index contributed by atoms with van der Waals surface area (Å²) >= 11 is 0. The van der Waals surface area contributed by atoms with Crippen molar-refractivity contribution >= 4 is 5.69 Å². The Hall–Kier alpha value is -1.13. The van der Waals surface area contributed by atoms with Crippen molar-refractivity contribution in [1.82, 2.24) is 9.80 Å². The molecule has 3 nitrogen and oxygen atoms in total. The minimum Gasteiger partial charge on any atom is -0.367 e. The molecule has 3 rings (SSSR count). The molecule has 1 aromatic carbocycles. The van der Waals surface area contributed by atoms with E-state index >= 15 is 0 Å². The summed E-state index contributed by atoms with van der Waals surface area (Å²) in [5, 5.41) is 0. The Morgan fingerprint density at radius 2 is 1.86 bits per heavy atom. The van der Waals surface area contributed by atoms with Gasteiger partial charge in [-0.15, -0.1) is 0 Å². The second-order valence-corrected chi connectivity index (χ2v) is 6.51. The third kappa shape index (κ3) is 3.74. The third-order valence-corrected chi connectivity index (χ3v) is 4.80. The second-order valence-electron chi connectivity index (χ2n) is 6.51. The van der Waals surface area contributed by atoms with Crippen LogP contribution >= 0.6 is 0 Å². The van der Waals surface area contributed by atoms with Gasteiger partial charge in [-0.2, -0.15) is 0 Å². The third-order valence-electron chi connectivity index (χ3n) is 4.80. The van der Waals surface area contributed by atoms with E-state index in [0.29, 0.717) is 0 Å². The van der Waals surface area contributed by atoms with Crippen molar-refractivity contribution in [3.63, 3.8) is 0 Å². The number of hydrogen-bond donors (Lipinski definition) is 0. The first kappa shape index (κ1) is 14.8. The molecule has 0 N–H and O–H groups in total. The Morgan fingerprint density at radius 3 is 2.57 bits per heavy atom. The second kappa shape index (κ2) is 6.75. The van der Waals surface area contributed by atoms with E-state index in [1.54, 1.807) is 12.1 Å². The van der Waals surface area contributed by atoms with E-state index in [0.717, 1.165) is 37.8 Å². The van der Waals surface area contributed by atoms with Gasteiger partial charge in [-0.1, -0.05) is 12.1 Å². The molecule has 2 fully saturated rings. The van der Waals surface area contributed by atoms with Crippen molar-refractivity contribution in [2.45, 2.75) is 12.8 Å². The Bertz CT molecular complexity index is 457. The lowest BCUT2D eigenvalue weighted by Crippen LogP contribution is -2.49. The van der Waals surface area contributed by atoms with E-state index in [-0.39, 0.29) is 5.82 Å². The smallest absolute Gasteiger partial charge is 0.146 e. The first-order valence-corrected chi connectivity index (χ1v) is 8.13. The molecule has 116 valence electrons. The van der Waals surface area contributed by atoms with Crippen molar-refractivity contribution in [3.8, 4) is 0 Å². The number of benzene rings is 1.